The summed E-state index contributed by atoms with van der Waals surface area (Å²) in [5.41, 5.74) is 0.954. The predicted octanol–water partition coefficient (Wildman–Crippen LogP) is 4.34. The van der Waals surface area contributed by atoms with Crippen LogP contribution in [0.5, 0.6) is 5.75 Å². The van der Waals surface area contributed by atoms with Crippen molar-refractivity contribution in [2.45, 2.75) is 0 Å². The minimum absolute atomic E-state index is 0.154. The topological polar surface area (TPSA) is 26.3 Å². The quantitative estimate of drug-likeness (QED) is 0.785. The van der Waals surface area contributed by atoms with E-state index in [0.717, 1.165) is 0 Å². The zero-order chi connectivity index (χ0) is 13.1. The van der Waals surface area contributed by atoms with Gasteiger partial charge in [0, 0.05) is 10.0 Å². The van der Waals surface area contributed by atoms with Crippen LogP contribution >= 0.6 is 27.5 Å². The summed E-state index contributed by atoms with van der Waals surface area (Å²) >= 11 is 9.43. The van der Waals surface area contributed by atoms with Gasteiger partial charge in [-0.1, -0.05) is 29.8 Å². The Hall–Kier alpha value is -1.32. The Morgan fingerprint density at radius 2 is 1.78 bits per heavy atom. The van der Waals surface area contributed by atoms with Crippen LogP contribution in [0.25, 0.3) is 0 Å². The molecule has 0 bridgehead atoms. The first-order chi connectivity index (χ1) is 8.65. The van der Waals surface area contributed by atoms with Gasteiger partial charge in [-0.2, -0.15) is 0 Å². The van der Waals surface area contributed by atoms with Gasteiger partial charge in [0.05, 0.1) is 17.7 Å². The lowest BCUT2D eigenvalue weighted by atomic mass is 10.0. The average Bonchev–Trinajstić information content (AvgIpc) is 2.41. The third-order valence-electron chi connectivity index (χ3n) is 2.55. The molecule has 2 rings (SSSR count). The SMILES string of the molecule is COc1ccccc1C(=O)c1cccc(Br)c1Cl. The largest absolute Gasteiger partial charge is 0.496 e. The van der Waals surface area contributed by atoms with Gasteiger partial charge in [-0.05, 0) is 40.2 Å². The molecule has 0 saturated carbocycles. The van der Waals surface area contributed by atoms with Crippen molar-refractivity contribution in [1.82, 2.24) is 0 Å². The second-order valence-corrected chi connectivity index (χ2v) is 4.86. The van der Waals surface area contributed by atoms with Gasteiger partial charge >= 0.3 is 0 Å². The number of halogens is 2. The Labute approximate surface area is 119 Å². The highest BCUT2D eigenvalue weighted by atomic mass is 79.9. The maximum absolute atomic E-state index is 12.4. The fourth-order valence-corrected chi connectivity index (χ4v) is 2.23. The van der Waals surface area contributed by atoms with Crippen LogP contribution < -0.4 is 4.74 Å². The Balaban J connectivity index is 2.52. The maximum Gasteiger partial charge on any atom is 0.198 e. The summed E-state index contributed by atoms with van der Waals surface area (Å²) in [7, 11) is 1.54. The van der Waals surface area contributed by atoms with E-state index in [-0.39, 0.29) is 5.78 Å². The van der Waals surface area contributed by atoms with E-state index in [0.29, 0.717) is 26.4 Å². The molecule has 2 nitrogen and oxygen atoms in total. The lowest BCUT2D eigenvalue weighted by Crippen LogP contribution is -2.04. The van der Waals surface area contributed by atoms with Crippen molar-refractivity contribution in [3.8, 4) is 5.75 Å². The minimum atomic E-state index is -0.154. The first-order valence-corrected chi connectivity index (χ1v) is 6.44. The summed E-state index contributed by atoms with van der Waals surface area (Å²) in [4.78, 5) is 12.4. The number of para-hydroxylation sites is 1. The van der Waals surface area contributed by atoms with Crippen LogP contribution in [0.3, 0.4) is 0 Å². The lowest BCUT2D eigenvalue weighted by molar-refractivity contribution is 0.103. The van der Waals surface area contributed by atoms with E-state index in [2.05, 4.69) is 15.9 Å². The van der Waals surface area contributed by atoms with E-state index >= 15 is 0 Å². The highest BCUT2D eigenvalue weighted by molar-refractivity contribution is 9.10. The number of ketones is 1. The molecule has 2 aromatic rings. The Morgan fingerprint density at radius 1 is 1.11 bits per heavy atom. The van der Waals surface area contributed by atoms with E-state index < -0.39 is 0 Å². The zero-order valence-corrected chi connectivity index (χ0v) is 12.0. The molecular formula is C14H10BrClO2. The zero-order valence-electron chi connectivity index (χ0n) is 9.61. The Kier molecular flexibility index (Phi) is 4.04. The predicted molar refractivity (Wildman–Crippen MR) is 75.6 cm³/mol. The van der Waals surface area contributed by atoms with Gasteiger partial charge in [-0.3, -0.25) is 4.79 Å². The van der Waals surface area contributed by atoms with Crippen LogP contribution in [0.1, 0.15) is 15.9 Å². The molecular weight excluding hydrogens is 316 g/mol. The first-order valence-electron chi connectivity index (χ1n) is 5.27. The lowest BCUT2D eigenvalue weighted by Gasteiger charge is -2.09. The van der Waals surface area contributed by atoms with Crippen molar-refractivity contribution in [3.05, 3.63) is 63.1 Å². The number of hydrogen-bond donors (Lipinski definition) is 0. The summed E-state index contributed by atoms with van der Waals surface area (Å²) in [5, 5.41) is 0.411. The molecule has 2 aromatic carbocycles. The Morgan fingerprint density at radius 3 is 2.50 bits per heavy atom. The summed E-state index contributed by atoms with van der Waals surface area (Å²) < 4.78 is 5.88. The molecule has 0 atom stereocenters. The second kappa shape index (κ2) is 5.55. The molecule has 0 radical (unpaired) electrons. The van der Waals surface area contributed by atoms with E-state index in [9.17, 15) is 4.79 Å². The van der Waals surface area contributed by atoms with Crippen LogP contribution in [0.4, 0.5) is 0 Å². The molecule has 92 valence electrons. The highest BCUT2D eigenvalue weighted by Gasteiger charge is 2.17. The van der Waals surface area contributed by atoms with Crippen LogP contribution in [0.15, 0.2) is 46.9 Å². The van der Waals surface area contributed by atoms with E-state index in [1.807, 2.05) is 6.07 Å². The monoisotopic (exact) mass is 324 g/mol. The first kappa shape index (κ1) is 13.1. The van der Waals surface area contributed by atoms with E-state index in [1.165, 1.54) is 7.11 Å². The minimum Gasteiger partial charge on any atom is -0.496 e. The summed E-state index contributed by atoms with van der Waals surface area (Å²) in [6.45, 7) is 0. The molecule has 18 heavy (non-hydrogen) atoms. The summed E-state index contributed by atoms with van der Waals surface area (Å²) in [6.07, 6.45) is 0. The van der Waals surface area contributed by atoms with Crippen LogP contribution in [0, 0.1) is 0 Å². The van der Waals surface area contributed by atoms with E-state index in [4.69, 9.17) is 16.3 Å². The Bertz CT molecular complexity index is 596. The van der Waals surface area contributed by atoms with Crippen molar-refractivity contribution >= 4 is 33.3 Å². The van der Waals surface area contributed by atoms with Crippen LogP contribution in [0.2, 0.25) is 5.02 Å². The fourth-order valence-electron chi connectivity index (χ4n) is 1.66. The number of hydrogen-bond acceptors (Lipinski definition) is 2. The molecule has 0 unspecified atom stereocenters. The third-order valence-corrected chi connectivity index (χ3v) is 3.84. The van der Waals surface area contributed by atoms with Gasteiger partial charge < -0.3 is 4.74 Å². The van der Waals surface area contributed by atoms with Crippen LogP contribution in [-0.2, 0) is 0 Å². The number of benzene rings is 2. The third kappa shape index (κ3) is 2.42. The van der Waals surface area contributed by atoms with Crippen molar-refractivity contribution in [3.63, 3.8) is 0 Å². The number of carbonyl (C=O) groups excluding carboxylic acids is 1. The summed E-state index contributed by atoms with van der Waals surface area (Å²) in [5.74, 6) is 0.386. The molecule has 0 heterocycles. The molecule has 0 aromatic heterocycles. The number of ether oxygens (including phenoxy) is 1. The van der Waals surface area contributed by atoms with Crippen molar-refractivity contribution < 1.29 is 9.53 Å². The molecule has 4 heteroatoms. The van der Waals surface area contributed by atoms with Crippen molar-refractivity contribution in [2.75, 3.05) is 7.11 Å². The highest BCUT2D eigenvalue weighted by Crippen LogP contribution is 2.29. The van der Waals surface area contributed by atoms with Crippen molar-refractivity contribution in [1.29, 1.82) is 0 Å². The van der Waals surface area contributed by atoms with Gasteiger partial charge in [0.2, 0.25) is 0 Å². The molecule has 0 aliphatic heterocycles. The van der Waals surface area contributed by atoms with Gasteiger partial charge in [0.25, 0.3) is 0 Å². The van der Waals surface area contributed by atoms with Gasteiger partial charge in [-0.25, -0.2) is 0 Å². The average molecular weight is 326 g/mol. The molecule has 0 spiro atoms. The molecule has 0 amide bonds. The maximum atomic E-state index is 12.4. The summed E-state index contributed by atoms with van der Waals surface area (Å²) in [6, 6.07) is 12.3. The molecule has 0 saturated heterocycles. The van der Waals surface area contributed by atoms with E-state index in [1.54, 1.807) is 36.4 Å². The number of carbonyl (C=O) groups is 1. The molecule has 0 aliphatic carbocycles. The molecule has 0 N–H and O–H groups in total. The standard InChI is InChI=1S/C14H10BrClO2/c1-18-12-8-3-2-5-9(12)14(17)10-6-4-7-11(15)13(10)16/h2-8H,1H3. The smallest absolute Gasteiger partial charge is 0.198 e. The fraction of sp³-hybridized carbons (Fsp3) is 0.0714. The van der Waals surface area contributed by atoms with Crippen LogP contribution in [-0.4, -0.2) is 12.9 Å². The second-order valence-electron chi connectivity index (χ2n) is 3.63. The number of methoxy groups -OCH3 is 1. The van der Waals surface area contributed by atoms with Gasteiger partial charge in [0.15, 0.2) is 5.78 Å². The normalized spacial score (nSPS) is 10.2. The molecule has 0 fully saturated rings. The molecule has 0 aliphatic rings. The van der Waals surface area contributed by atoms with Gasteiger partial charge in [-0.15, -0.1) is 0 Å². The van der Waals surface area contributed by atoms with Gasteiger partial charge in [0.1, 0.15) is 5.75 Å². The number of rotatable bonds is 3. The van der Waals surface area contributed by atoms with Crippen molar-refractivity contribution in [2.24, 2.45) is 0 Å².